The molecule has 1 amide bonds. The Balaban J connectivity index is 1.92. The van der Waals surface area contributed by atoms with Crippen molar-refractivity contribution in [3.8, 4) is 0 Å². The van der Waals surface area contributed by atoms with E-state index in [1.807, 2.05) is 6.07 Å². The molecule has 2 rings (SSSR count). The normalized spacial score (nSPS) is 11.0. The first-order valence-corrected chi connectivity index (χ1v) is 7.34. The Morgan fingerprint density at radius 2 is 1.82 bits per heavy atom. The second-order valence-corrected chi connectivity index (χ2v) is 6.06. The van der Waals surface area contributed by atoms with Crippen molar-refractivity contribution in [1.82, 2.24) is 15.5 Å². The average molecular weight is 298 g/mol. The molecular formula is C17H22N4O. The van der Waals surface area contributed by atoms with Crippen LogP contribution in [0, 0.1) is 5.41 Å². The molecule has 0 saturated carbocycles. The van der Waals surface area contributed by atoms with E-state index in [2.05, 4.69) is 58.9 Å². The first-order chi connectivity index (χ1) is 10.5. The fraction of sp³-hybridized carbons (Fsp3) is 0.353. The molecule has 0 radical (unpaired) electrons. The number of hydrogen-bond donors (Lipinski definition) is 2. The number of carbonyl (C=O) groups is 1. The number of aromatic nitrogens is 2. The van der Waals surface area contributed by atoms with Crippen LogP contribution in [-0.2, 0) is 6.42 Å². The molecule has 0 fully saturated rings. The van der Waals surface area contributed by atoms with E-state index in [4.69, 9.17) is 0 Å². The summed E-state index contributed by atoms with van der Waals surface area (Å²) in [4.78, 5) is 11.4. The number of hydrogen-bond acceptors (Lipinski definition) is 4. The summed E-state index contributed by atoms with van der Waals surface area (Å²) in [7, 11) is 1.57. The molecule has 0 unspecified atom stereocenters. The smallest absolute Gasteiger partial charge is 0.271 e. The summed E-state index contributed by atoms with van der Waals surface area (Å²) in [5, 5.41) is 13.8. The largest absolute Gasteiger partial charge is 0.368 e. The van der Waals surface area contributed by atoms with Gasteiger partial charge in [-0.2, -0.15) is 0 Å². The highest BCUT2D eigenvalue weighted by Gasteiger charge is 2.18. The predicted molar refractivity (Wildman–Crippen MR) is 87.8 cm³/mol. The van der Waals surface area contributed by atoms with E-state index >= 15 is 0 Å². The van der Waals surface area contributed by atoms with Gasteiger partial charge in [-0.15, -0.1) is 10.2 Å². The number of nitrogens with zero attached hydrogens (tertiary/aromatic N) is 2. The molecule has 1 heterocycles. The predicted octanol–water partition coefficient (Wildman–Crippen LogP) is 2.52. The van der Waals surface area contributed by atoms with Gasteiger partial charge < -0.3 is 10.6 Å². The molecule has 2 aromatic rings. The van der Waals surface area contributed by atoms with Gasteiger partial charge in [0.15, 0.2) is 5.69 Å². The minimum atomic E-state index is -0.233. The van der Waals surface area contributed by atoms with Crippen molar-refractivity contribution in [3.63, 3.8) is 0 Å². The van der Waals surface area contributed by atoms with Crippen LogP contribution in [0.5, 0.6) is 0 Å². The van der Waals surface area contributed by atoms with E-state index in [9.17, 15) is 4.79 Å². The first-order valence-electron chi connectivity index (χ1n) is 7.34. The van der Waals surface area contributed by atoms with Gasteiger partial charge in [-0.1, -0.05) is 44.2 Å². The van der Waals surface area contributed by atoms with Gasteiger partial charge in [0, 0.05) is 13.6 Å². The third-order valence-electron chi connectivity index (χ3n) is 3.40. The molecule has 0 saturated heterocycles. The maximum atomic E-state index is 11.4. The Hall–Kier alpha value is -2.43. The Morgan fingerprint density at radius 3 is 2.41 bits per heavy atom. The molecule has 0 aliphatic rings. The third-order valence-corrected chi connectivity index (χ3v) is 3.40. The Morgan fingerprint density at radius 1 is 1.09 bits per heavy atom. The molecule has 0 spiro atoms. The number of amides is 1. The zero-order valence-electron chi connectivity index (χ0n) is 13.3. The fourth-order valence-electron chi connectivity index (χ4n) is 2.22. The molecule has 0 atom stereocenters. The van der Waals surface area contributed by atoms with Crippen molar-refractivity contribution in [2.24, 2.45) is 5.41 Å². The highest BCUT2D eigenvalue weighted by atomic mass is 16.1. The van der Waals surface area contributed by atoms with Crippen LogP contribution in [0.4, 0.5) is 5.82 Å². The quantitative estimate of drug-likeness (QED) is 0.860. The lowest BCUT2D eigenvalue weighted by Gasteiger charge is -2.25. The van der Waals surface area contributed by atoms with Gasteiger partial charge >= 0.3 is 0 Å². The maximum absolute atomic E-state index is 11.4. The summed E-state index contributed by atoms with van der Waals surface area (Å²) in [6.07, 6.45) is 0.977. The van der Waals surface area contributed by atoms with E-state index < -0.39 is 0 Å². The SMILES string of the molecule is CNC(=O)c1ccc(NCC(C)(C)Cc2ccccc2)nn1. The summed E-state index contributed by atoms with van der Waals surface area (Å²) < 4.78 is 0. The lowest BCUT2D eigenvalue weighted by Crippen LogP contribution is -2.26. The van der Waals surface area contributed by atoms with E-state index in [-0.39, 0.29) is 11.3 Å². The van der Waals surface area contributed by atoms with Crippen LogP contribution in [0.15, 0.2) is 42.5 Å². The van der Waals surface area contributed by atoms with Crippen molar-refractivity contribution in [2.45, 2.75) is 20.3 Å². The summed E-state index contributed by atoms with van der Waals surface area (Å²) in [5.74, 6) is 0.442. The van der Waals surface area contributed by atoms with Crippen molar-refractivity contribution in [1.29, 1.82) is 0 Å². The highest BCUT2D eigenvalue weighted by molar-refractivity contribution is 5.91. The Labute approximate surface area is 131 Å². The van der Waals surface area contributed by atoms with Crippen LogP contribution < -0.4 is 10.6 Å². The third kappa shape index (κ3) is 4.55. The number of benzene rings is 1. The minimum absolute atomic E-state index is 0.0858. The lowest BCUT2D eigenvalue weighted by molar-refractivity contribution is 0.0957. The molecule has 1 aromatic heterocycles. The van der Waals surface area contributed by atoms with Gasteiger partial charge in [-0.05, 0) is 29.5 Å². The molecule has 1 aromatic carbocycles. The summed E-state index contributed by atoms with van der Waals surface area (Å²) in [6, 6.07) is 13.9. The number of rotatable bonds is 6. The van der Waals surface area contributed by atoms with E-state index in [0.29, 0.717) is 11.5 Å². The number of anilines is 1. The first kappa shape index (κ1) is 15.9. The Kier molecular flexibility index (Phi) is 5.09. The molecule has 0 bridgehead atoms. The van der Waals surface area contributed by atoms with Gasteiger partial charge in [-0.3, -0.25) is 4.79 Å². The average Bonchev–Trinajstić information content (AvgIpc) is 2.53. The molecule has 0 aliphatic carbocycles. The van der Waals surface area contributed by atoms with Gasteiger partial charge in [0.05, 0.1) is 0 Å². The summed E-state index contributed by atoms with van der Waals surface area (Å²) in [5.41, 5.74) is 1.72. The highest BCUT2D eigenvalue weighted by Crippen LogP contribution is 2.22. The van der Waals surface area contributed by atoms with Crippen LogP contribution in [0.25, 0.3) is 0 Å². The van der Waals surface area contributed by atoms with Gasteiger partial charge in [0.25, 0.3) is 5.91 Å². The minimum Gasteiger partial charge on any atom is -0.368 e. The van der Waals surface area contributed by atoms with Crippen LogP contribution >= 0.6 is 0 Å². The van der Waals surface area contributed by atoms with Gasteiger partial charge in [0.1, 0.15) is 5.82 Å². The van der Waals surface area contributed by atoms with E-state index in [1.54, 1.807) is 19.2 Å². The molecule has 116 valence electrons. The topological polar surface area (TPSA) is 66.9 Å². The van der Waals surface area contributed by atoms with E-state index in [1.165, 1.54) is 5.56 Å². The molecule has 22 heavy (non-hydrogen) atoms. The second kappa shape index (κ2) is 7.02. The lowest BCUT2D eigenvalue weighted by atomic mass is 9.86. The van der Waals surface area contributed by atoms with Crippen molar-refractivity contribution >= 4 is 11.7 Å². The maximum Gasteiger partial charge on any atom is 0.271 e. The second-order valence-electron chi connectivity index (χ2n) is 6.06. The summed E-state index contributed by atoms with van der Waals surface area (Å²) in [6.45, 7) is 5.19. The standard InChI is InChI=1S/C17H22N4O/c1-17(2,11-13-7-5-4-6-8-13)12-19-15-10-9-14(20-21-15)16(22)18-3/h4-10H,11-12H2,1-3H3,(H,18,22)(H,19,21). The Bertz CT molecular complexity index is 608. The fourth-order valence-corrected chi connectivity index (χ4v) is 2.22. The zero-order valence-corrected chi connectivity index (χ0v) is 13.3. The number of nitrogens with one attached hydrogen (secondary N) is 2. The molecule has 2 N–H and O–H groups in total. The molecule has 0 aliphatic heterocycles. The van der Waals surface area contributed by atoms with Crippen LogP contribution in [0.2, 0.25) is 0 Å². The van der Waals surface area contributed by atoms with Crippen molar-refractivity contribution in [3.05, 3.63) is 53.7 Å². The molecule has 5 heteroatoms. The number of carbonyl (C=O) groups excluding carboxylic acids is 1. The zero-order chi connectivity index (χ0) is 16.0. The van der Waals surface area contributed by atoms with Crippen LogP contribution in [0.1, 0.15) is 29.9 Å². The van der Waals surface area contributed by atoms with Crippen molar-refractivity contribution < 1.29 is 4.79 Å². The monoisotopic (exact) mass is 298 g/mol. The van der Waals surface area contributed by atoms with Crippen LogP contribution in [0.3, 0.4) is 0 Å². The molecular weight excluding hydrogens is 276 g/mol. The summed E-state index contributed by atoms with van der Waals surface area (Å²) >= 11 is 0. The van der Waals surface area contributed by atoms with Gasteiger partial charge in [0.2, 0.25) is 0 Å². The van der Waals surface area contributed by atoms with E-state index in [0.717, 1.165) is 13.0 Å². The van der Waals surface area contributed by atoms with Gasteiger partial charge in [-0.25, -0.2) is 0 Å². The van der Waals surface area contributed by atoms with Crippen molar-refractivity contribution in [2.75, 3.05) is 18.9 Å². The molecule has 5 nitrogen and oxygen atoms in total. The van der Waals surface area contributed by atoms with Crippen LogP contribution in [-0.4, -0.2) is 29.7 Å².